The van der Waals surface area contributed by atoms with Gasteiger partial charge in [-0.1, -0.05) is 31.0 Å². The summed E-state index contributed by atoms with van der Waals surface area (Å²) >= 11 is 1.97. The summed E-state index contributed by atoms with van der Waals surface area (Å²) in [5.41, 5.74) is 1.48. The first-order valence-corrected chi connectivity index (χ1v) is 7.96. The largest absolute Gasteiger partial charge is 0.396 e. The van der Waals surface area contributed by atoms with Crippen LogP contribution in [0.25, 0.3) is 0 Å². The molecule has 1 aliphatic rings. The van der Waals surface area contributed by atoms with Gasteiger partial charge in [0.25, 0.3) is 0 Å². The Labute approximate surface area is 114 Å². The van der Waals surface area contributed by atoms with Gasteiger partial charge in [0.1, 0.15) is 0 Å². The molecule has 1 aromatic rings. The second-order valence-electron chi connectivity index (χ2n) is 4.82. The zero-order chi connectivity index (χ0) is 12.6. The summed E-state index contributed by atoms with van der Waals surface area (Å²) in [4.78, 5) is 1.45. The first-order chi connectivity index (χ1) is 8.92. The number of aliphatic hydroxyl groups is 1. The fourth-order valence-electron chi connectivity index (χ4n) is 2.42. The molecule has 0 aliphatic carbocycles. The normalized spacial score (nSPS) is 18.6. The fourth-order valence-corrected chi connectivity index (χ4v) is 3.55. The van der Waals surface area contributed by atoms with E-state index in [4.69, 9.17) is 5.11 Å². The molecule has 100 valence electrons. The Hall–Kier alpha value is -0.510. The van der Waals surface area contributed by atoms with Gasteiger partial charge in [0.15, 0.2) is 0 Å². The highest BCUT2D eigenvalue weighted by Gasteiger charge is 2.18. The molecule has 1 heterocycles. The van der Waals surface area contributed by atoms with Gasteiger partial charge in [0.2, 0.25) is 0 Å². The van der Waals surface area contributed by atoms with E-state index >= 15 is 0 Å². The average molecular weight is 265 g/mol. The molecule has 0 aromatic heterocycles. The second-order valence-corrected chi connectivity index (χ2v) is 5.96. The molecule has 0 fully saturated rings. The van der Waals surface area contributed by atoms with Gasteiger partial charge in [-0.2, -0.15) is 0 Å². The molecule has 0 amide bonds. The average Bonchev–Trinajstić information content (AvgIpc) is 2.43. The van der Waals surface area contributed by atoms with Crippen molar-refractivity contribution >= 4 is 11.8 Å². The Morgan fingerprint density at radius 1 is 1.17 bits per heavy atom. The van der Waals surface area contributed by atoms with Gasteiger partial charge in [-0.05, 0) is 43.2 Å². The van der Waals surface area contributed by atoms with Crippen molar-refractivity contribution < 1.29 is 5.11 Å². The number of benzene rings is 1. The molecule has 2 rings (SSSR count). The molecule has 0 bridgehead atoms. The lowest BCUT2D eigenvalue weighted by Crippen LogP contribution is -2.25. The molecule has 1 aromatic carbocycles. The van der Waals surface area contributed by atoms with Crippen LogP contribution in [-0.2, 0) is 0 Å². The van der Waals surface area contributed by atoms with Crippen molar-refractivity contribution in [2.75, 3.05) is 18.9 Å². The third-order valence-corrected chi connectivity index (χ3v) is 4.56. The van der Waals surface area contributed by atoms with Crippen molar-refractivity contribution in [2.45, 2.75) is 43.0 Å². The molecule has 2 N–H and O–H groups in total. The molecular weight excluding hydrogens is 242 g/mol. The Morgan fingerprint density at radius 3 is 2.89 bits per heavy atom. The van der Waals surface area contributed by atoms with E-state index in [0.29, 0.717) is 12.6 Å². The van der Waals surface area contributed by atoms with Gasteiger partial charge in [-0.25, -0.2) is 0 Å². The molecule has 0 spiro atoms. The van der Waals surface area contributed by atoms with Crippen molar-refractivity contribution in [3.05, 3.63) is 29.8 Å². The van der Waals surface area contributed by atoms with Crippen LogP contribution in [0.1, 0.15) is 43.7 Å². The Bertz CT molecular complexity index is 356. The van der Waals surface area contributed by atoms with E-state index in [1.54, 1.807) is 0 Å². The lowest BCUT2D eigenvalue weighted by atomic mass is 10.0. The number of rotatable bonds is 7. The molecule has 2 nitrogen and oxygen atoms in total. The first-order valence-electron chi connectivity index (χ1n) is 6.98. The number of thioether (sulfide) groups is 1. The first kappa shape index (κ1) is 13.9. The van der Waals surface area contributed by atoms with E-state index in [9.17, 15) is 0 Å². The van der Waals surface area contributed by atoms with Crippen LogP contribution in [-0.4, -0.2) is 24.0 Å². The number of fused-ring (bicyclic) bond motifs is 1. The standard InChI is InChI=1S/C15H23NOS/c17-11-6-2-1-5-10-16-14-9-12-18-15-8-4-3-7-13(14)15/h3-4,7-8,14,16-17H,1-2,5-6,9-12H2. The summed E-state index contributed by atoms with van der Waals surface area (Å²) in [5.74, 6) is 1.22. The van der Waals surface area contributed by atoms with Gasteiger partial charge >= 0.3 is 0 Å². The number of hydrogen-bond donors (Lipinski definition) is 2. The summed E-state index contributed by atoms with van der Waals surface area (Å²) in [6.07, 6.45) is 5.76. The van der Waals surface area contributed by atoms with E-state index in [-0.39, 0.29) is 0 Å². The number of aliphatic hydroxyl groups excluding tert-OH is 1. The molecule has 18 heavy (non-hydrogen) atoms. The Kier molecular flexibility index (Phi) is 6.05. The van der Waals surface area contributed by atoms with E-state index in [2.05, 4.69) is 29.6 Å². The highest BCUT2D eigenvalue weighted by molar-refractivity contribution is 7.99. The highest BCUT2D eigenvalue weighted by Crippen LogP contribution is 2.35. The van der Waals surface area contributed by atoms with Crippen LogP contribution in [0.5, 0.6) is 0 Å². The van der Waals surface area contributed by atoms with Gasteiger partial charge in [-0.3, -0.25) is 0 Å². The zero-order valence-electron chi connectivity index (χ0n) is 10.9. The summed E-state index contributed by atoms with van der Waals surface area (Å²) in [6, 6.07) is 9.30. The maximum absolute atomic E-state index is 8.72. The van der Waals surface area contributed by atoms with E-state index in [0.717, 1.165) is 19.4 Å². The van der Waals surface area contributed by atoms with Crippen LogP contribution < -0.4 is 5.32 Å². The van der Waals surface area contributed by atoms with Gasteiger partial charge in [0, 0.05) is 17.5 Å². The molecule has 3 heteroatoms. The minimum Gasteiger partial charge on any atom is -0.396 e. The van der Waals surface area contributed by atoms with Crippen molar-refractivity contribution in [3.8, 4) is 0 Å². The molecule has 0 radical (unpaired) electrons. The van der Waals surface area contributed by atoms with Gasteiger partial charge < -0.3 is 10.4 Å². The SMILES string of the molecule is OCCCCCCNC1CCSc2ccccc21. The number of nitrogens with one attached hydrogen (secondary N) is 1. The van der Waals surface area contributed by atoms with E-state index in [1.807, 2.05) is 11.8 Å². The minimum absolute atomic E-state index is 0.334. The van der Waals surface area contributed by atoms with Crippen LogP contribution in [0.2, 0.25) is 0 Å². The van der Waals surface area contributed by atoms with Crippen LogP contribution in [0.3, 0.4) is 0 Å². The van der Waals surface area contributed by atoms with Gasteiger partial charge in [0.05, 0.1) is 0 Å². The van der Waals surface area contributed by atoms with Crippen molar-refractivity contribution in [3.63, 3.8) is 0 Å². The van der Waals surface area contributed by atoms with E-state index < -0.39 is 0 Å². The highest BCUT2D eigenvalue weighted by atomic mass is 32.2. The van der Waals surface area contributed by atoms with Crippen molar-refractivity contribution in [2.24, 2.45) is 0 Å². The monoisotopic (exact) mass is 265 g/mol. The summed E-state index contributed by atoms with van der Waals surface area (Å²) in [6.45, 7) is 1.43. The summed E-state index contributed by atoms with van der Waals surface area (Å²) in [5, 5.41) is 12.4. The lowest BCUT2D eigenvalue weighted by molar-refractivity contribution is 0.282. The topological polar surface area (TPSA) is 32.3 Å². The summed E-state index contributed by atoms with van der Waals surface area (Å²) in [7, 11) is 0. The van der Waals surface area contributed by atoms with Crippen LogP contribution in [0.4, 0.5) is 0 Å². The molecule has 1 unspecified atom stereocenters. The predicted molar refractivity (Wildman–Crippen MR) is 78.1 cm³/mol. The molecular formula is C15H23NOS. The van der Waals surface area contributed by atoms with E-state index in [1.165, 1.54) is 35.5 Å². The third-order valence-electron chi connectivity index (χ3n) is 3.43. The molecule has 0 saturated carbocycles. The smallest absolute Gasteiger partial charge is 0.0431 e. The molecule has 0 saturated heterocycles. The van der Waals surface area contributed by atoms with Crippen LogP contribution in [0, 0.1) is 0 Å². The fraction of sp³-hybridized carbons (Fsp3) is 0.600. The Morgan fingerprint density at radius 2 is 2.00 bits per heavy atom. The third kappa shape index (κ3) is 4.01. The maximum atomic E-state index is 8.72. The van der Waals surface area contributed by atoms with Crippen LogP contribution in [0.15, 0.2) is 29.2 Å². The number of unbranched alkanes of at least 4 members (excludes halogenated alkanes) is 3. The predicted octanol–water partition coefficient (Wildman–Crippen LogP) is 3.37. The lowest BCUT2D eigenvalue weighted by Gasteiger charge is -2.26. The minimum atomic E-state index is 0.334. The van der Waals surface area contributed by atoms with Crippen LogP contribution >= 0.6 is 11.8 Å². The molecule has 1 aliphatic heterocycles. The Balaban J connectivity index is 1.74. The number of hydrogen-bond acceptors (Lipinski definition) is 3. The molecule has 1 atom stereocenters. The zero-order valence-corrected chi connectivity index (χ0v) is 11.7. The van der Waals surface area contributed by atoms with Crippen molar-refractivity contribution in [1.29, 1.82) is 0 Å². The van der Waals surface area contributed by atoms with Gasteiger partial charge in [-0.15, -0.1) is 11.8 Å². The maximum Gasteiger partial charge on any atom is 0.0431 e. The second kappa shape index (κ2) is 7.82. The van der Waals surface area contributed by atoms with Crippen molar-refractivity contribution in [1.82, 2.24) is 5.32 Å². The quantitative estimate of drug-likeness (QED) is 0.741. The summed E-state index contributed by atoms with van der Waals surface area (Å²) < 4.78 is 0.